The Kier molecular flexibility index (Phi) is 8.52. The van der Waals surface area contributed by atoms with Crippen LogP contribution in [0, 0.1) is 11.3 Å². The molecule has 1 amide bonds. The van der Waals surface area contributed by atoms with Crippen molar-refractivity contribution in [1.29, 1.82) is 5.26 Å². The van der Waals surface area contributed by atoms with Gasteiger partial charge in [-0.3, -0.25) is 15.2 Å². The fourth-order valence-electron chi connectivity index (χ4n) is 5.67. The number of para-hydroxylation sites is 1. The second kappa shape index (κ2) is 13.2. The number of hydrogen-bond acceptors (Lipinski definition) is 11. The van der Waals surface area contributed by atoms with Gasteiger partial charge in [-0.25, -0.2) is 14.8 Å². The number of aromatic amines is 1. The first-order valence-electron chi connectivity index (χ1n) is 15.2. The molecule has 0 radical (unpaired) electrons. The molecule has 5 N–H and O–H groups in total. The molecular weight excluding hydrogens is 661 g/mol. The SMILES string of the molecule is C=C(COc1ccc(-c2[nH]nc(N)c2C#N)cc1)Cc1sc(N2CCc3cccc(C(=O)Nc4nc5ccccc5s4)c3C2)nc1C(=O)O. The Hall–Kier alpha value is -6.04. The number of carbonyl (C=O) groups is 2. The van der Waals surface area contributed by atoms with Gasteiger partial charge in [0.1, 0.15) is 24.0 Å². The van der Waals surface area contributed by atoms with Crippen molar-refractivity contribution in [2.45, 2.75) is 19.4 Å². The number of carbonyl (C=O) groups excluding carboxylic acids is 1. The number of H-pyrrole nitrogens is 1. The smallest absolute Gasteiger partial charge is 0.355 e. The first-order valence-corrected chi connectivity index (χ1v) is 16.8. The summed E-state index contributed by atoms with van der Waals surface area (Å²) in [6.07, 6.45) is 0.955. The molecule has 6 aromatic rings. The number of hydrogen-bond donors (Lipinski definition) is 4. The third-order valence-electron chi connectivity index (χ3n) is 8.09. The normalized spacial score (nSPS) is 12.3. The number of carboxylic acid groups (broad SMARTS) is 1. The van der Waals surface area contributed by atoms with Crippen molar-refractivity contribution in [3.05, 3.63) is 112 Å². The standard InChI is InChI=1S/C35H28N8O4S2/c1-19(18-47-22-11-9-21(10-12-22)29-24(16-36)31(37)42-41-29)15-28-30(33(45)46)39-35(49-28)43-14-13-20-5-4-6-23(25(20)17-43)32(44)40-34-38-26-7-2-3-8-27(26)48-34/h2-12H,1,13-15,17-18H2,(H,45,46)(H3,37,41,42)(H,38,40,44). The van der Waals surface area contributed by atoms with Crippen LogP contribution in [0.5, 0.6) is 5.75 Å². The van der Waals surface area contributed by atoms with E-state index in [1.54, 1.807) is 30.3 Å². The summed E-state index contributed by atoms with van der Waals surface area (Å²) >= 11 is 2.73. The largest absolute Gasteiger partial charge is 0.489 e. The lowest BCUT2D eigenvalue weighted by Gasteiger charge is -2.29. The van der Waals surface area contributed by atoms with Crippen LogP contribution in [0.25, 0.3) is 21.5 Å². The van der Waals surface area contributed by atoms with Crippen LogP contribution in [0.1, 0.15) is 42.4 Å². The summed E-state index contributed by atoms with van der Waals surface area (Å²) < 4.78 is 6.91. The molecule has 3 aromatic heterocycles. The molecule has 0 unspecified atom stereocenters. The van der Waals surface area contributed by atoms with Gasteiger partial charge >= 0.3 is 5.97 Å². The van der Waals surface area contributed by atoms with Crippen LogP contribution in [0.4, 0.5) is 16.1 Å². The minimum absolute atomic E-state index is 0.0229. The van der Waals surface area contributed by atoms with E-state index in [-0.39, 0.29) is 36.0 Å². The highest BCUT2D eigenvalue weighted by Gasteiger charge is 2.27. The molecule has 1 aliphatic heterocycles. The van der Waals surface area contributed by atoms with Crippen LogP contribution in [0.2, 0.25) is 0 Å². The van der Waals surface area contributed by atoms with Gasteiger partial charge in [-0.1, -0.05) is 42.2 Å². The lowest BCUT2D eigenvalue weighted by Crippen LogP contribution is -2.32. The number of nitriles is 1. The molecule has 0 bridgehead atoms. The fourth-order valence-corrected chi connectivity index (χ4v) is 7.68. The van der Waals surface area contributed by atoms with E-state index in [9.17, 15) is 20.0 Å². The number of nitrogens with two attached hydrogens (primary N) is 1. The number of nitrogens with zero attached hydrogens (tertiary/aromatic N) is 5. The molecule has 49 heavy (non-hydrogen) atoms. The zero-order valence-corrected chi connectivity index (χ0v) is 27.5. The van der Waals surface area contributed by atoms with E-state index in [0.29, 0.717) is 57.2 Å². The zero-order valence-electron chi connectivity index (χ0n) is 25.9. The van der Waals surface area contributed by atoms with Crippen molar-refractivity contribution in [2.75, 3.05) is 29.1 Å². The van der Waals surface area contributed by atoms with Gasteiger partial charge in [0.05, 0.1) is 15.9 Å². The van der Waals surface area contributed by atoms with Crippen molar-refractivity contribution < 1.29 is 19.4 Å². The van der Waals surface area contributed by atoms with E-state index in [1.807, 2.05) is 47.4 Å². The number of carboxylic acids is 1. The van der Waals surface area contributed by atoms with Gasteiger partial charge in [0.15, 0.2) is 21.8 Å². The Balaban J connectivity index is 1.03. The summed E-state index contributed by atoms with van der Waals surface area (Å²) in [6, 6.07) is 22.6. The maximum atomic E-state index is 13.5. The van der Waals surface area contributed by atoms with Gasteiger partial charge in [0.25, 0.3) is 5.91 Å². The van der Waals surface area contributed by atoms with E-state index in [0.717, 1.165) is 26.9 Å². The Morgan fingerprint density at radius 3 is 2.69 bits per heavy atom. The molecule has 0 saturated heterocycles. The second-order valence-electron chi connectivity index (χ2n) is 11.3. The predicted molar refractivity (Wildman–Crippen MR) is 189 cm³/mol. The third-order valence-corrected chi connectivity index (χ3v) is 10.2. The number of fused-ring (bicyclic) bond motifs is 2. The first-order chi connectivity index (χ1) is 23.8. The minimum Gasteiger partial charge on any atom is -0.489 e. The number of benzene rings is 3. The van der Waals surface area contributed by atoms with Crippen molar-refractivity contribution in [1.82, 2.24) is 20.2 Å². The predicted octanol–water partition coefficient (Wildman–Crippen LogP) is 6.29. The molecular formula is C35H28N8O4S2. The fraction of sp³-hybridized carbons (Fsp3) is 0.143. The number of nitrogens with one attached hydrogen (secondary N) is 2. The molecule has 0 aliphatic carbocycles. The van der Waals surface area contributed by atoms with Gasteiger partial charge in [-0.15, -0.1) is 11.3 Å². The molecule has 0 saturated carbocycles. The average molecular weight is 689 g/mol. The third kappa shape index (κ3) is 6.45. The van der Waals surface area contributed by atoms with Crippen molar-refractivity contribution in [3.8, 4) is 23.1 Å². The van der Waals surface area contributed by atoms with E-state index in [4.69, 9.17) is 10.5 Å². The van der Waals surface area contributed by atoms with E-state index >= 15 is 0 Å². The second-order valence-corrected chi connectivity index (χ2v) is 13.4. The quantitative estimate of drug-likeness (QED) is 0.119. The number of aromatic carboxylic acids is 1. The highest BCUT2D eigenvalue weighted by molar-refractivity contribution is 7.22. The van der Waals surface area contributed by atoms with Gasteiger partial charge in [0.2, 0.25) is 0 Å². The van der Waals surface area contributed by atoms with Crippen LogP contribution < -0.4 is 20.7 Å². The van der Waals surface area contributed by atoms with Crippen LogP contribution in [-0.2, 0) is 19.4 Å². The average Bonchev–Trinajstić information content (AvgIpc) is 3.83. The molecule has 12 nitrogen and oxygen atoms in total. The van der Waals surface area contributed by atoms with Crippen LogP contribution >= 0.6 is 22.7 Å². The lowest BCUT2D eigenvalue weighted by atomic mass is 9.94. The van der Waals surface area contributed by atoms with Gasteiger partial charge in [0, 0.05) is 35.5 Å². The molecule has 7 rings (SSSR count). The summed E-state index contributed by atoms with van der Waals surface area (Å²) in [6.45, 7) is 5.32. The highest BCUT2D eigenvalue weighted by atomic mass is 32.1. The van der Waals surface area contributed by atoms with Gasteiger partial charge in [-0.05, 0) is 65.6 Å². The first kappa shape index (κ1) is 31.6. The van der Waals surface area contributed by atoms with Crippen molar-refractivity contribution in [3.63, 3.8) is 0 Å². The van der Waals surface area contributed by atoms with E-state index in [1.165, 1.54) is 22.7 Å². The molecule has 0 spiro atoms. The van der Waals surface area contributed by atoms with Crippen LogP contribution in [0.15, 0.2) is 78.9 Å². The molecule has 3 aromatic carbocycles. The maximum Gasteiger partial charge on any atom is 0.355 e. The Bertz CT molecular complexity index is 2250. The monoisotopic (exact) mass is 688 g/mol. The number of thiazole rings is 2. The van der Waals surface area contributed by atoms with Crippen molar-refractivity contribution in [2.24, 2.45) is 0 Å². The van der Waals surface area contributed by atoms with Crippen LogP contribution in [0.3, 0.4) is 0 Å². The summed E-state index contributed by atoms with van der Waals surface area (Å²) in [5.41, 5.74) is 11.3. The number of aromatic nitrogens is 4. The number of amides is 1. The van der Waals surface area contributed by atoms with Crippen molar-refractivity contribution >= 4 is 60.8 Å². The molecule has 4 heterocycles. The zero-order chi connectivity index (χ0) is 34.1. The molecule has 0 fully saturated rings. The van der Waals surface area contributed by atoms with Gasteiger partial charge < -0.3 is 20.5 Å². The summed E-state index contributed by atoms with van der Waals surface area (Å²) in [4.78, 5) is 37.3. The number of rotatable bonds is 10. The van der Waals surface area contributed by atoms with Gasteiger partial charge in [-0.2, -0.15) is 10.4 Å². The summed E-state index contributed by atoms with van der Waals surface area (Å²) in [5.74, 6) is -0.645. The van der Waals surface area contributed by atoms with E-state index < -0.39 is 5.97 Å². The van der Waals surface area contributed by atoms with Crippen LogP contribution in [-0.4, -0.2) is 50.3 Å². The summed E-state index contributed by atoms with van der Waals surface area (Å²) in [7, 11) is 0. The topological polar surface area (TPSA) is 183 Å². The Morgan fingerprint density at radius 2 is 1.92 bits per heavy atom. The number of ether oxygens (including phenoxy) is 1. The lowest BCUT2D eigenvalue weighted by molar-refractivity contribution is 0.0690. The molecule has 244 valence electrons. The molecule has 0 atom stereocenters. The molecule has 1 aliphatic rings. The number of anilines is 3. The number of nitrogen functional groups attached to an aromatic ring is 1. The summed E-state index contributed by atoms with van der Waals surface area (Å²) in [5, 5.41) is 30.1. The van der Waals surface area contributed by atoms with E-state index in [2.05, 4.69) is 32.1 Å². The highest BCUT2D eigenvalue weighted by Crippen LogP contribution is 2.34. The molecule has 14 heteroatoms. The minimum atomic E-state index is -1.12. The maximum absolute atomic E-state index is 13.5. The Morgan fingerprint density at radius 1 is 1.10 bits per heavy atom. The Labute approximate surface area is 288 Å².